The summed E-state index contributed by atoms with van der Waals surface area (Å²) < 4.78 is 10.6. The molecule has 0 atom stereocenters. The average Bonchev–Trinajstić information content (AvgIpc) is 2.51. The summed E-state index contributed by atoms with van der Waals surface area (Å²) in [5, 5.41) is 25.3. The van der Waals surface area contributed by atoms with Crippen LogP contribution < -0.4 is 21.5 Å². The molecule has 0 aliphatic heterocycles. The van der Waals surface area contributed by atoms with Crippen molar-refractivity contribution in [3.8, 4) is 11.5 Å². The summed E-state index contributed by atoms with van der Waals surface area (Å²) in [4.78, 5) is 22.9. The highest BCUT2D eigenvalue weighted by atomic mass is 16.4. The molecular formula is C16H20N2O6. The first kappa shape index (κ1) is 17.8. The molecule has 0 bridgehead atoms. The minimum absolute atomic E-state index is 0.183. The molecule has 2 rings (SSSR count). The van der Waals surface area contributed by atoms with Crippen LogP contribution in [0.25, 0.3) is 0 Å². The van der Waals surface area contributed by atoms with Gasteiger partial charge in [-0.15, -0.1) is 0 Å². The Labute approximate surface area is 137 Å². The molecule has 0 aromatic carbocycles. The zero-order valence-corrected chi connectivity index (χ0v) is 13.5. The summed E-state index contributed by atoms with van der Waals surface area (Å²) in [6.45, 7) is 4.69. The van der Waals surface area contributed by atoms with Crippen LogP contribution in [0.15, 0.2) is 30.6 Å². The van der Waals surface area contributed by atoms with E-state index in [0.717, 1.165) is 0 Å². The number of aryl methyl sites for hydroxylation is 2. The fourth-order valence-corrected chi connectivity index (χ4v) is 2.15. The average molecular weight is 336 g/mol. The van der Waals surface area contributed by atoms with Crippen LogP contribution >= 0.6 is 0 Å². The molecule has 4 N–H and O–H groups in total. The summed E-state index contributed by atoms with van der Waals surface area (Å²) in [6.07, 6.45) is 0. The van der Waals surface area contributed by atoms with E-state index in [1.54, 1.807) is 13.8 Å². The van der Waals surface area contributed by atoms with Crippen molar-refractivity contribution in [2.75, 3.05) is 13.1 Å². The van der Waals surface area contributed by atoms with E-state index >= 15 is 0 Å². The van der Waals surface area contributed by atoms with Crippen molar-refractivity contribution in [2.24, 2.45) is 0 Å². The molecule has 2 aromatic heterocycles. The summed E-state index contributed by atoms with van der Waals surface area (Å²) in [5.74, 6) is 0.431. The second-order valence-corrected chi connectivity index (χ2v) is 5.34. The van der Waals surface area contributed by atoms with Crippen LogP contribution in [0.5, 0.6) is 11.5 Å². The van der Waals surface area contributed by atoms with Crippen molar-refractivity contribution in [3.05, 3.63) is 55.6 Å². The standard InChI is InChI=1S/C16H20N2O6/c1-9-5-11(19)15(21)13(23-9)7-17-3-4-18-8-14-16(22)12(20)6-10(2)24-14/h5-6,17-18,21-22H,3-4,7-8H2,1-2H3. The first-order valence-electron chi connectivity index (χ1n) is 7.45. The first-order valence-corrected chi connectivity index (χ1v) is 7.45. The molecule has 130 valence electrons. The predicted octanol–water partition coefficient (Wildman–Crippen LogP) is 0.500. The molecule has 24 heavy (non-hydrogen) atoms. The Bertz CT molecular complexity index is 755. The van der Waals surface area contributed by atoms with Crippen LogP contribution in [0.2, 0.25) is 0 Å². The zero-order valence-electron chi connectivity index (χ0n) is 13.5. The third-order valence-electron chi connectivity index (χ3n) is 3.28. The second kappa shape index (κ2) is 7.80. The van der Waals surface area contributed by atoms with E-state index in [-0.39, 0.29) is 24.6 Å². The zero-order chi connectivity index (χ0) is 17.7. The number of nitrogens with one attached hydrogen (secondary N) is 2. The molecule has 0 aliphatic rings. The van der Waals surface area contributed by atoms with Crippen molar-refractivity contribution in [3.63, 3.8) is 0 Å². The van der Waals surface area contributed by atoms with Gasteiger partial charge < -0.3 is 29.7 Å². The van der Waals surface area contributed by atoms with Gasteiger partial charge in [0.15, 0.2) is 11.5 Å². The van der Waals surface area contributed by atoms with E-state index in [1.165, 1.54) is 12.1 Å². The Morgan fingerprint density at radius 2 is 1.21 bits per heavy atom. The van der Waals surface area contributed by atoms with Crippen LogP contribution in [0.1, 0.15) is 23.0 Å². The van der Waals surface area contributed by atoms with Gasteiger partial charge in [-0.2, -0.15) is 0 Å². The Hall–Kier alpha value is -2.58. The number of rotatable bonds is 7. The lowest BCUT2D eigenvalue weighted by Gasteiger charge is -2.08. The van der Waals surface area contributed by atoms with Crippen LogP contribution in [0, 0.1) is 13.8 Å². The Morgan fingerprint density at radius 1 is 0.833 bits per heavy atom. The largest absolute Gasteiger partial charge is 0.502 e. The third-order valence-corrected chi connectivity index (χ3v) is 3.28. The van der Waals surface area contributed by atoms with Gasteiger partial charge in [0.05, 0.1) is 13.1 Å². The molecule has 0 radical (unpaired) electrons. The maximum Gasteiger partial charge on any atom is 0.227 e. The lowest BCUT2D eigenvalue weighted by Crippen LogP contribution is -2.27. The second-order valence-electron chi connectivity index (χ2n) is 5.34. The summed E-state index contributed by atoms with van der Waals surface area (Å²) in [7, 11) is 0. The van der Waals surface area contributed by atoms with Gasteiger partial charge in [0, 0.05) is 25.2 Å². The molecule has 8 heteroatoms. The van der Waals surface area contributed by atoms with E-state index in [1.807, 2.05) is 0 Å². The third kappa shape index (κ3) is 4.46. The molecule has 0 fully saturated rings. The molecule has 2 heterocycles. The maximum atomic E-state index is 11.4. The minimum Gasteiger partial charge on any atom is -0.502 e. The van der Waals surface area contributed by atoms with Crippen molar-refractivity contribution < 1.29 is 19.0 Å². The SMILES string of the molecule is Cc1cc(=O)c(O)c(CNCCNCc2oc(C)cc(=O)c2O)o1. The summed E-state index contributed by atoms with van der Waals surface area (Å²) >= 11 is 0. The minimum atomic E-state index is -0.473. The lowest BCUT2D eigenvalue weighted by molar-refractivity contribution is 0.371. The molecule has 2 aromatic rings. The highest BCUT2D eigenvalue weighted by Crippen LogP contribution is 2.13. The van der Waals surface area contributed by atoms with Gasteiger partial charge in [-0.25, -0.2) is 0 Å². The van der Waals surface area contributed by atoms with Crippen LogP contribution in [0.3, 0.4) is 0 Å². The molecular weight excluding hydrogens is 316 g/mol. The smallest absolute Gasteiger partial charge is 0.227 e. The fraction of sp³-hybridized carbons (Fsp3) is 0.375. The van der Waals surface area contributed by atoms with Gasteiger partial charge in [0.1, 0.15) is 11.5 Å². The summed E-state index contributed by atoms with van der Waals surface area (Å²) in [6, 6.07) is 2.45. The lowest BCUT2D eigenvalue weighted by atomic mass is 10.3. The van der Waals surface area contributed by atoms with E-state index in [2.05, 4.69) is 10.6 Å². The van der Waals surface area contributed by atoms with Gasteiger partial charge in [-0.1, -0.05) is 0 Å². The van der Waals surface area contributed by atoms with Gasteiger partial charge in [0.25, 0.3) is 0 Å². The number of aromatic hydroxyl groups is 2. The van der Waals surface area contributed by atoms with Crippen LogP contribution in [-0.4, -0.2) is 23.3 Å². The Kier molecular flexibility index (Phi) is 5.78. The number of hydrogen-bond donors (Lipinski definition) is 4. The Morgan fingerprint density at radius 3 is 1.58 bits per heavy atom. The predicted molar refractivity (Wildman–Crippen MR) is 86.2 cm³/mol. The van der Waals surface area contributed by atoms with Crippen molar-refractivity contribution in [1.82, 2.24) is 10.6 Å². The quantitative estimate of drug-likeness (QED) is 0.539. The van der Waals surface area contributed by atoms with E-state index in [4.69, 9.17) is 8.83 Å². The Balaban J connectivity index is 1.79. The van der Waals surface area contributed by atoms with Gasteiger partial charge in [0.2, 0.25) is 22.4 Å². The van der Waals surface area contributed by atoms with E-state index in [9.17, 15) is 19.8 Å². The molecule has 0 unspecified atom stereocenters. The molecule has 0 saturated carbocycles. The monoisotopic (exact) mass is 336 g/mol. The van der Waals surface area contributed by atoms with Crippen molar-refractivity contribution >= 4 is 0 Å². The summed E-state index contributed by atoms with van der Waals surface area (Å²) in [5.41, 5.74) is -0.947. The highest BCUT2D eigenvalue weighted by molar-refractivity contribution is 5.25. The van der Waals surface area contributed by atoms with Crippen molar-refractivity contribution in [1.29, 1.82) is 0 Å². The van der Waals surface area contributed by atoms with Gasteiger partial charge in [-0.05, 0) is 13.8 Å². The van der Waals surface area contributed by atoms with E-state index < -0.39 is 22.4 Å². The normalized spacial score (nSPS) is 10.9. The van der Waals surface area contributed by atoms with Crippen molar-refractivity contribution in [2.45, 2.75) is 26.9 Å². The maximum absolute atomic E-state index is 11.4. The van der Waals surface area contributed by atoms with Crippen LogP contribution in [0.4, 0.5) is 0 Å². The fourth-order valence-electron chi connectivity index (χ4n) is 2.15. The first-order chi connectivity index (χ1) is 11.4. The molecule has 0 saturated heterocycles. The molecule has 0 aliphatic carbocycles. The molecule has 0 amide bonds. The van der Waals surface area contributed by atoms with E-state index in [0.29, 0.717) is 24.6 Å². The van der Waals surface area contributed by atoms with Gasteiger partial charge in [-0.3, -0.25) is 9.59 Å². The number of hydrogen-bond acceptors (Lipinski definition) is 8. The van der Waals surface area contributed by atoms with Gasteiger partial charge >= 0.3 is 0 Å². The molecule has 8 nitrogen and oxygen atoms in total. The topological polar surface area (TPSA) is 125 Å². The molecule has 0 spiro atoms. The highest BCUT2D eigenvalue weighted by Gasteiger charge is 2.10. The van der Waals surface area contributed by atoms with Crippen LogP contribution in [-0.2, 0) is 13.1 Å².